The second-order valence-electron chi connectivity index (χ2n) is 7.78. The molecule has 3 rings (SSSR count). The molecule has 0 bridgehead atoms. The van der Waals surface area contributed by atoms with E-state index in [9.17, 15) is 9.59 Å². The number of thioether (sulfide) groups is 1. The molecule has 162 valence electrons. The SMILES string of the molecule is CCCCCCCCCCSc1nc2c(c(=O)[nH]c(=O)n2C)n1Cc1ccccc1. The Morgan fingerprint density at radius 2 is 1.63 bits per heavy atom. The molecule has 0 saturated carbocycles. The molecule has 0 aliphatic carbocycles. The quantitative estimate of drug-likeness (QED) is 0.335. The van der Waals surface area contributed by atoms with Crippen molar-refractivity contribution >= 4 is 22.9 Å². The van der Waals surface area contributed by atoms with Crippen molar-refractivity contribution in [2.75, 3.05) is 5.75 Å². The van der Waals surface area contributed by atoms with Crippen molar-refractivity contribution in [3.05, 3.63) is 56.7 Å². The van der Waals surface area contributed by atoms with Crippen molar-refractivity contribution < 1.29 is 0 Å². The lowest BCUT2D eigenvalue weighted by atomic mass is 10.1. The minimum absolute atomic E-state index is 0.379. The van der Waals surface area contributed by atoms with E-state index in [0.717, 1.165) is 22.9 Å². The van der Waals surface area contributed by atoms with Gasteiger partial charge in [0.1, 0.15) is 0 Å². The van der Waals surface area contributed by atoms with E-state index in [-0.39, 0.29) is 5.56 Å². The minimum Gasteiger partial charge on any atom is -0.309 e. The monoisotopic (exact) mass is 428 g/mol. The van der Waals surface area contributed by atoms with Crippen LogP contribution in [0, 0.1) is 0 Å². The van der Waals surface area contributed by atoms with Gasteiger partial charge in [0.2, 0.25) is 0 Å². The first-order chi connectivity index (χ1) is 14.6. The number of hydrogen-bond donors (Lipinski definition) is 1. The molecule has 0 radical (unpaired) electrons. The van der Waals surface area contributed by atoms with Gasteiger partial charge in [-0.25, -0.2) is 9.78 Å². The maximum atomic E-state index is 12.6. The van der Waals surface area contributed by atoms with E-state index >= 15 is 0 Å². The highest BCUT2D eigenvalue weighted by molar-refractivity contribution is 7.99. The Morgan fingerprint density at radius 1 is 0.967 bits per heavy atom. The van der Waals surface area contributed by atoms with Crippen LogP contribution in [0.3, 0.4) is 0 Å². The van der Waals surface area contributed by atoms with E-state index in [0.29, 0.717) is 17.7 Å². The Kier molecular flexibility index (Phi) is 8.37. The van der Waals surface area contributed by atoms with Gasteiger partial charge in [-0.2, -0.15) is 0 Å². The third kappa shape index (κ3) is 5.65. The number of fused-ring (bicyclic) bond motifs is 1. The predicted molar refractivity (Wildman–Crippen MR) is 124 cm³/mol. The second-order valence-corrected chi connectivity index (χ2v) is 8.84. The highest BCUT2D eigenvalue weighted by Gasteiger charge is 2.17. The predicted octanol–water partition coefficient (Wildman–Crippen LogP) is 4.70. The van der Waals surface area contributed by atoms with Crippen LogP contribution in [0.25, 0.3) is 11.2 Å². The average Bonchev–Trinajstić information content (AvgIpc) is 3.10. The van der Waals surface area contributed by atoms with Crippen LogP contribution >= 0.6 is 11.8 Å². The summed E-state index contributed by atoms with van der Waals surface area (Å²) in [6.07, 6.45) is 10.3. The fourth-order valence-corrected chi connectivity index (χ4v) is 4.63. The van der Waals surface area contributed by atoms with E-state index in [1.807, 2.05) is 34.9 Å². The van der Waals surface area contributed by atoms with Gasteiger partial charge in [0, 0.05) is 12.8 Å². The Hall–Kier alpha value is -2.28. The van der Waals surface area contributed by atoms with Gasteiger partial charge in [-0.1, -0.05) is 94.0 Å². The van der Waals surface area contributed by atoms with Crippen LogP contribution in [0.15, 0.2) is 45.1 Å². The first-order valence-corrected chi connectivity index (χ1v) is 12.0. The highest BCUT2D eigenvalue weighted by Crippen LogP contribution is 2.24. The molecule has 6 nitrogen and oxygen atoms in total. The first-order valence-electron chi connectivity index (χ1n) is 11.0. The van der Waals surface area contributed by atoms with Crippen molar-refractivity contribution in [1.29, 1.82) is 0 Å². The van der Waals surface area contributed by atoms with Crippen LogP contribution in [-0.4, -0.2) is 24.9 Å². The summed E-state index contributed by atoms with van der Waals surface area (Å²) in [6.45, 7) is 2.80. The molecule has 2 heterocycles. The highest BCUT2D eigenvalue weighted by atomic mass is 32.2. The topological polar surface area (TPSA) is 72.7 Å². The summed E-state index contributed by atoms with van der Waals surface area (Å²) < 4.78 is 3.36. The summed E-state index contributed by atoms with van der Waals surface area (Å²) in [5, 5.41) is 0.795. The molecule has 0 aliphatic heterocycles. The van der Waals surface area contributed by atoms with Gasteiger partial charge in [0.15, 0.2) is 16.3 Å². The summed E-state index contributed by atoms with van der Waals surface area (Å²) in [7, 11) is 1.65. The number of rotatable bonds is 12. The molecule has 0 fully saturated rings. The number of benzene rings is 1. The zero-order valence-corrected chi connectivity index (χ0v) is 18.8. The number of H-pyrrole nitrogens is 1. The van der Waals surface area contributed by atoms with E-state index in [1.54, 1.807) is 18.8 Å². The molecule has 2 aromatic heterocycles. The Labute approximate surface area is 181 Å². The molecule has 0 spiro atoms. The van der Waals surface area contributed by atoms with Gasteiger partial charge < -0.3 is 4.57 Å². The van der Waals surface area contributed by atoms with Crippen LogP contribution in [0.1, 0.15) is 63.9 Å². The molecule has 1 N–H and O–H groups in total. The van der Waals surface area contributed by atoms with Gasteiger partial charge in [-0.15, -0.1) is 0 Å². The second kappa shape index (κ2) is 11.2. The summed E-state index contributed by atoms with van der Waals surface area (Å²) in [5.74, 6) is 0.957. The number of hydrogen-bond acceptors (Lipinski definition) is 4. The summed E-state index contributed by atoms with van der Waals surface area (Å²) >= 11 is 1.67. The van der Waals surface area contributed by atoms with Gasteiger partial charge in [0.05, 0.1) is 6.54 Å². The van der Waals surface area contributed by atoms with Crippen LogP contribution in [0.2, 0.25) is 0 Å². The largest absolute Gasteiger partial charge is 0.329 e. The Bertz CT molecular complexity index is 1050. The smallest absolute Gasteiger partial charge is 0.309 e. The maximum absolute atomic E-state index is 12.6. The van der Waals surface area contributed by atoms with E-state index in [4.69, 9.17) is 0 Å². The molecule has 0 aliphatic rings. The van der Waals surface area contributed by atoms with Crippen molar-refractivity contribution in [2.24, 2.45) is 7.05 Å². The summed E-state index contributed by atoms with van der Waals surface area (Å²) in [4.78, 5) is 31.6. The third-order valence-electron chi connectivity index (χ3n) is 5.38. The fourth-order valence-electron chi connectivity index (χ4n) is 3.64. The lowest BCUT2D eigenvalue weighted by molar-refractivity contribution is 0.586. The lowest BCUT2D eigenvalue weighted by Crippen LogP contribution is -2.29. The zero-order valence-electron chi connectivity index (χ0n) is 18.0. The number of aromatic nitrogens is 4. The summed E-state index contributed by atoms with van der Waals surface area (Å²) in [6, 6.07) is 10.0. The van der Waals surface area contributed by atoms with Crippen LogP contribution in [0.5, 0.6) is 0 Å². The molecule has 30 heavy (non-hydrogen) atoms. The average molecular weight is 429 g/mol. The molecule has 0 unspecified atom stereocenters. The number of aryl methyl sites for hydroxylation is 1. The van der Waals surface area contributed by atoms with Crippen LogP contribution in [0.4, 0.5) is 0 Å². The molecule has 1 aromatic carbocycles. The fraction of sp³-hybridized carbons (Fsp3) is 0.522. The van der Waals surface area contributed by atoms with Crippen molar-refractivity contribution in [2.45, 2.75) is 70.0 Å². The van der Waals surface area contributed by atoms with Gasteiger partial charge >= 0.3 is 5.69 Å². The van der Waals surface area contributed by atoms with E-state index in [2.05, 4.69) is 16.9 Å². The molecule has 7 heteroatoms. The number of nitrogens with one attached hydrogen (secondary N) is 1. The Morgan fingerprint density at radius 3 is 2.33 bits per heavy atom. The number of imidazole rings is 1. The summed E-state index contributed by atoms with van der Waals surface area (Å²) in [5.41, 5.74) is 1.18. The maximum Gasteiger partial charge on any atom is 0.329 e. The van der Waals surface area contributed by atoms with Crippen molar-refractivity contribution in [3.63, 3.8) is 0 Å². The molecular formula is C23H32N4O2S. The third-order valence-corrected chi connectivity index (χ3v) is 6.45. The standard InChI is InChI=1S/C23H32N4O2S/c1-3-4-5-6-7-8-9-13-16-30-23-24-20-19(21(28)25-22(29)26(20)2)27(23)17-18-14-11-10-12-15-18/h10-12,14-15H,3-9,13,16-17H2,1-2H3,(H,25,28,29). The molecule has 3 aromatic rings. The molecule has 0 atom stereocenters. The number of nitrogens with zero attached hydrogens (tertiary/aromatic N) is 3. The Balaban J connectivity index is 1.71. The number of unbranched alkanes of at least 4 members (excludes halogenated alkanes) is 7. The van der Waals surface area contributed by atoms with E-state index < -0.39 is 5.69 Å². The van der Waals surface area contributed by atoms with Gasteiger partial charge in [0.25, 0.3) is 5.56 Å². The number of aromatic amines is 1. The van der Waals surface area contributed by atoms with Gasteiger partial charge in [-0.05, 0) is 12.0 Å². The van der Waals surface area contributed by atoms with Crippen LogP contribution in [-0.2, 0) is 13.6 Å². The normalized spacial score (nSPS) is 11.4. The molecular weight excluding hydrogens is 396 g/mol. The van der Waals surface area contributed by atoms with E-state index in [1.165, 1.54) is 49.5 Å². The molecule has 0 amide bonds. The lowest BCUT2D eigenvalue weighted by Gasteiger charge is -2.09. The molecule has 0 saturated heterocycles. The minimum atomic E-state index is -0.434. The first kappa shape index (κ1) is 22.4. The van der Waals surface area contributed by atoms with Crippen molar-refractivity contribution in [1.82, 2.24) is 19.1 Å². The van der Waals surface area contributed by atoms with Crippen LogP contribution < -0.4 is 11.2 Å². The van der Waals surface area contributed by atoms with Gasteiger partial charge in [-0.3, -0.25) is 14.3 Å². The van der Waals surface area contributed by atoms with Crippen molar-refractivity contribution in [3.8, 4) is 0 Å². The zero-order chi connectivity index (χ0) is 21.3.